The summed E-state index contributed by atoms with van der Waals surface area (Å²) in [4.78, 5) is 16.5. The number of nitrogens with zero attached hydrogens (tertiary/aromatic N) is 1. The summed E-state index contributed by atoms with van der Waals surface area (Å²) < 4.78 is 36.1. The molecule has 0 aliphatic rings. The highest BCUT2D eigenvalue weighted by Crippen LogP contribution is 2.33. The number of esters is 1. The van der Waals surface area contributed by atoms with Crippen molar-refractivity contribution in [2.75, 3.05) is 13.7 Å². The molecule has 0 aliphatic carbocycles. The van der Waals surface area contributed by atoms with Gasteiger partial charge in [0.05, 0.1) is 20.6 Å². The van der Waals surface area contributed by atoms with Gasteiger partial charge in [-0.15, -0.1) is 0 Å². The minimum atomic E-state index is -4.33. The van der Waals surface area contributed by atoms with Crippen LogP contribution >= 0.6 is 34.8 Å². The number of ether oxygens (including phenoxy) is 1. The molecule has 7 nitrogen and oxygen atoms in total. The fourth-order valence-corrected chi connectivity index (χ4v) is 4.48. The first-order valence-corrected chi connectivity index (χ1v) is 11.5. The smallest absolute Gasteiger partial charge is 0.338 e. The Balaban J connectivity index is 2.16. The Bertz CT molecular complexity index is 1040. The number of oxime groups is 1. The van der Waals surface area contributed by atoms with Crippen LogP contribution in [0.4, 0.5) is 0 Å². The second kappa shape index (κ2) is 11.7. The lowest BCUT2D eigenvalue weighted by Gasteiger charge is -2.18. The molecular formula is C20H20Cl3NO6S. The largest absolute Gasteiger partial charge is 0.459 e. The van der Waals surface area contributed by atoms with Crippen LogP contribution in [-0.4, -0.2) is 40.4 Å². The van der Waals surface area contributed by atoms with Crippen LogP contribution in [0.15, 0.2) is 46.4 Å². The van der Waals surface area contributed by atoms with E-state index in [9.17, 15) is 13.2 Å². The van der Waals surface area contributed by atoms with E-state index in [2.05, 4.69) is 9.99 Å². The van der Waals surface area contributed by atoms with Crippen LogP contribution in [0.2, 0.25) is 15.1 Å². The van der Waals surface area contributed by atoms with Crippen molar-refractivity contribution in [1.82, 2.24) is 0 Å². The Morgan fingerprint density at radius 1 is 1.10 bits per heavy atom. The number of hydrogen-bond acceptors (Lipinski definition) is 7. The molecule has 0 saturated carbocycles. The molecule has 0 amide bonds. The monoisotopic (exact) mass is 507 g/mol. The molecule has 1 atom stereocenters. The third kappa shape index (κ3) is 7.66. The maximum atomic E-state index is 12.8. The third-order valence-electron chi connectivity index (χ3n) is 3.99. The first-order valence-electron chi connectivity index (χ1n) is 9.00. The van der Waals surface area contributed by atoms with Gasteiger partial charge in [-0.1, -0.05) is 57.7 Å². The lowest BCUT2D eigenvalue weighted by atomic mass is 10.1. The molecule has 0 bridgehead atoms. The van der Waals surface area contributed by atoms with E-state index in [0.29, 0.717) is 12.0 Å². The lowest BCUT2D eigenvalue weighted by molar-refractivity contribution is 0.0311. The molecule has 2 aromatic rings. The van der Waals surface area contributed by atoms with Gasteiger partial charge in [-0.25, -0.2) is 4.79 Å². The highest BCUT2D eigenvalue weighted by atomic mass is 35.5. The zero-order valence-corrected chi connectivity index (χ0v) is 19.8. The number of benzene rings is 2. The number of aryl methyl sites for hydroxylation is 1. The summed E-state index contributed by atoms with van der Waals surface area (Å²) in [5.74, 6) is -0.607. The van der Waals surface area contributed by atoms with Gasteiger partial charge in [0.15, 0.2) is 0 Å². The molecule has 0 N–H and O–H groups in total. The Kier molecular flexibility index (Phi) is 9.58. The van der Waals surface area contributed by atoms with Gasteiger partial charge in [0.25, 0.3) is 10.1 Å². The van der Waals surface area contributed by atoms with Crippen molar-refractivity contribution in [2.45, 2.75) is 30.8 Å². The topological polar surface area (TPSA) is 91.3 Å². The summed E-state index contributed by atoms with van der Waals surface area (Å²) in [6.45, 7) is 1.57. The normalized spacial score (nSPS) is 12.7. The maximum Gasteiger partial charge on any atom is 0.338 e. The fourth-order valence-electron chi connectivity index (χ4n) is 2.42. The average molecular weight is 509 g/mol. The number of halogens is 3. The summed E-state index contributed by atoms with van der Waals surface area (Å²) in [6.07, 6.45) is 0.919. The molecule has 0 fully saturated rings. The summed E-state index contributed by atoms with van der Waals surface area (Å²) in [5, 5.41) is 3.55. The summed E-state index contributed by atoms with van der Waals surface area (Å²) >= 11 is 17.8. The summed E-state index contributed by atoms with van der Waals surface area (Å²) in [7, 11) is -2.95. The van der Waals surface area contributed by atoms with Crippen LogP contribution in [0.5, 0.6) is 0 Å². The molecule has 0 aromatic heterocycles. The Labute approximate surface area is 196 Å². The van der Waals surface area contributed by atoms with Gasteiger partial charge < -0.3 is 9.57 Å². The van der Waals surface area contributed by atoms with E-state index < -0.39 is 22.2 Å². The second-order valence-electron chi connectivity index (χ2n) is 6.38. The van der Waals surface area contributed by atoms with Crippen LogP contribution in [0, 0.1) is 6.92 Å². The maximum absolute atomic E-state index is 12.8. The van der Waals surface area contributed by atoms with Crippen LogP contribution in [0.25, 0.3) is 0 Å². The van der Waals surface area contributed by atoms with E-state index in [0.717, 1.165) is 11.6 Å². The number of carbonyl (C=O) groups is 1. The lowest BCUT2D eigenvalue weighted by Crippen LogP contribution is -2.26. The van der Waals surface area contributed by atoms with E-state index in [-0.39, 0.29) is 33.0 Å². The van der Waals surface area contributed by atoms with Crippen LogP contribution < -0.4 is 0 Å². The van der Waals surface area contributed by atoms with Crippen LogP contribution in [0.3, 0.4) is 0 Å². The van der Waals surface area contributed by atoms with E-state index in [1.54, 1.807) is 24.3 Å². The zero-order chi connectivity index (χ0) is 23.0. The fraction of sp³-hybridized carbons (Fsp3) is 0.300. The van der Waals surface area contributed by atoms with Crippen molar-refractivity contribution in [3.05, 3.63) is 62.6 Å². The molecule has 31 heavy (non-hydrogen) atoms. The first kappa shape index (κ1) is 25.4. The highest BCUT2D eigenvalue weighted by Gasteiger charge is 2.26. The quantitative estimate of drug-likeness (QED) is 0.142. The predicted molar refractivity (Wildman–Crippen MR) is 120 cm³/mol. The Morgan fingerprint density at radius 3 is 2.39 bits per heavy atom. The van der Waals surface area contributed by atoms with Gasteiger partial charge in [0.2, 0.25) is 0 Å². The predicted octanol–water partition coefficient (Wildman–Crippen LogP) is 5.30. The SMILES string of the molecule is CO/N=C/CC[C@@H](COC(=O)c1ccc(C)cc1)OS(=O)(=O)c1cc(Cl)c(Cl)cc1Cl. The van der Waals surface area contributed by atoms with Gasteiger partial charge in [0, 0.05) is 6.21 Å². The van der Waals surface area contributed by atoms with E-state index >= 15 is 0 Å². The van der Waals surface area contributed by atoms with Crippen molar-refractivity contribution in [3.63, 3.8) is 0 Å². The summed E-state index contributed by atoms with van der Waals surface area (Å²) in [6, 6.07) is 9.07. The van der Waals surface area contributed by atoms with Crippen molar-refractivity contribution < 1.29 is 27.0 Å². The van der Waals surface area contributed by atoms with Gasteiger partial charge in [0.1, 0.15) is 24.7 Å². The molecular weight excluding hydrogens is 489 g/mol. The van der Waals surface area contributed by atoms with Crippen molar-refractivity contribution in [2.24, 2.45) is 5.16 Å². The standard InChI is InChI=1S/C20H20Cl3NO6S/c1-13-5-7-14(8-6-13)20(25)29-12-15(4-3-9-24-28-2)30-31(26,27)19-11-17(22)16(21)10-18(19)23/h5-11,15H,3-4,12H2,1-2H3/b24-9+/t15-/m0/s1. The molecule has 0 unspecified atom stereocenters. The van der Waals surface area contributed by atoms with Gasteiger partial charge in [-0.3, -0.25) is 4.18 Å². The van der Waals surface area contributed by atoms with Gasteiger partial charge in [-0.2, -0.15) is 8.42 Å². The second-order valence-corrected chi connectivity index (χ2v) is 9.14. The van der Waals surface area contributed by atoms with E-state index in [1.165, 1.54) is 19.4 Å². The van der Waals surface area contributed by atoms with Crippen LogP contribution in [0.1, 0.15) is 28.8 Å². The number of hydrogen-bond donors (Lipinski definition) is 0. The number of rotatable bonds is 10. The molecule has 0 spiro atoms. The average Bonchev–Trinajstić information content (AvgIpc) is 2.71. The van der Waals surface area contributed by atoms with Crippen LogP contribution in [-0.2, 0) is 23.9 Å². The Morgan fingerprint density at radius 2 is 1.74 bits per heavy atom. The third-order valence-corrected chi connectivity index (χ3v) is 6.54. The minimum Gasteiger partial charge on any atom is -0.459 e. The summed E-state index contributed by atoms with van der Waals surface area (Å²) in [5.41, 5.74) is 1.32. The molecule has 2 rings (SSSR count). The highest BCUT2D eigenvalue weighted by molar-refractivity contribution is 7.87. The van der Waals surface area contributed by atoms with E-state index in [1.807, 2.05) is 6.92 Å². The van der Waals surface area contributed by atoms with Crippen molar-refractivity contribution in [3.8, 4) is 0 Å². The van der Waals surface area contributed by atoms with Gasteiger partial charge in [-0.05, 0) is 44.0 Å². The van der Waals surface area contributed by atoms with Crippen molar-refractivity contribution >= 4 is 57.1 Å². The molecule has 0 aliphatic heterocycles. The molecule has 11 heteroatoms. The van der Waals surface area contributed by atoms with E-state index in [4.69, 9.17) is 43.7 Å². The van der Waals surface area contributed by atoms with Crippen molar-refractivity contribution in [1.29, 1.82) is 0 Å². The Hall–Kier alpha value is -1.84. The minimum absolute atomic E-state index is 0.00261. The number of carbonyl (C=O) groups excluding carboxylic acids is 1. The molecule has 2 aromatic carbocycles. The first-order chi connectivity index (χ1) is 14.6. The zero-order valence-electron chi connectivity index (χ0n) is 16.7. The molecule has 168 valence electrons. The molecule has 0 heterocycles. The molecule has 0 saturated heterocycles. The van der Waals surface area contributed by atoms with Gasteiger partial charge >= 0.3 is 5.97 Å². The molecule has 0 radical (unpaired) electrons.